The molecule has 3 heteroatoms. The molecule has 0 N–H and O–H groups in total. The van der Waals surface area contributed by atoms with Crippen LogP contribution in [0.25, 0.3) is 0 Å². The van der Waals surface area contributed by atoms with Crippen LogP contribution in [0, 0.1) is 17.2 Å². The third kappa shape index (κ3) is 4.08. The summed E-state index contributed by atoms with van der Waals surface area (Å²) in [5.74, 6) is 1.70. The van der Waals surface area contributed by atoms with Crippen molar-refractivity contribution in [2.45, 2.75) is 12.8 Å². The van der Waals surface area contributed by atoms with Crippen molar-refractivity contribution in [3.8, 4) is 11.8 Å². The first-order valence-electron chi connectivity index (χ1n) is 6.09. The van der Waals surface area contributed by atoms with E-state index in [9.17, 15) is 0 Å². The zero-order valence-corrected chi connectivity index (χ0v) is 10.2. The molecule has 2 rings (SSSR count). The summed E-state index contributed by atoms with van der Waals surface area (Å²) in [5.41, 5.74) is 0.647. The van der Waals surface area contributed by atoms with Gasteiger partial charge in [0.2, 0.25) is 0 Å². The minimum absolute atomic E-state index is 0.647. The molecular formula is C14H18N2O. The van der Waals surface area contributed by atoms with E-state index in [1.807, 2.05) is 12.1 Å². The second-order valence-electron chi connectivity index (χ2n) is 4.69. The van der Waals surface area contributed by atoms with Crippen LogP contribution < -0.4 is 4.74 Å². The summed E-state index contributed by atoms with van der Waals surface area (Å²) in [6.07, 6.45) is 2.77. The summed E-state index contributed by atoms with van der Waals surface area (Å²) in [6.45, 7) is 2.80. The molecule has 0 aliphatic heterocycles. The van der Waals surface area contributed by atoms with E-state index in [1.54, 1.807) is 12.1 Å². The lowest BCUT2D eigenvalue weighted by Gasteiger charge is -2.16. The first-order valence-corrected chi connectivity index (χ1v) is 6.09. The second kappa shape index (κ2) is 5.70. The van der Waals surface area contributed by atoms with E-state index in [1.165, 1.54) is 19.4 Å². The molecule has 0 amide bonds. The first-order chi connectivity index (χ1) is 8.28. The Bertz CT molecular complexity index is 407. The second-order valence-corrected chi connectivity index (χ2v) is 4.69. The van der Waals surface area contributed by atoms with Crippen LogP contribution >= 0.6 is 0 Å². The molecule has 1 aromatic carbocycles. The van der Waals surface area contributed by atoms with Crippen molar-refractivity contribution in [1.29, 1.82) is 5.26 Å². The molecule has 1 aliphatic carbocycles. The highest BCUT2D eigenvalue weighted by molar-refractivity contribution is 5.36. The van der Waals surface area contributed by atoms with Gasteiger partial charge in [-0.15, -0.1) is 0 Å². The molecule has 1 aromatic rings. The average molecular weight is 230 g/mol. The van der Waals surface area contributed by atoms with Crippen molar-refractivity contribution in [1.82, 2.24) is 4.90 Å². The standard InChI is InChI=1S/C14H18N2O/c1-16(11-12-5-6-12)7-8-17-14-4-2-3-13(9-14)10-15/h2-4,9,12H,5-8,11H2,1H3. The van der Waals surface area contributed by atoms with Gasteiger partial charge in [0.05, 0.1) is 11.6 Å². The molecule has 0 atom stereocenters. The lowest BCUT2D eigenvalue weighted by atomic mass is 10.2. The topological polar surface area (TPSA) is 36.3 Å². The van der Waals surface area contributed by atoms with Gasteiger partial charge in [0.15, 0.2) is 0 Å². The molecule has 0 spiro atoms. The Morgan fingerprint density at radius 3 is 3.00 bits per heavy atom. The van der Waals surface area contributed by atoms with Gasteiger partial charge in [-0.05, 0) is 44.0 Å². The Hall–Kier alpha value is -1.53. The van der Waals surface area contributed by atoms with Crippen LogP contribution in [0.2, 0.25) is 0 Å². The Morgan fingerprint density at radius 1 is 1.47 bits per heavy atom. The minimum atomic E-state index is 0.647. The van der Waals surface area contributed by atoms with Gasteiger partial charge in [-0.1, -0.05) is 6.07 Å². The Morgan fingerprint density at radius 2 is 2.29 bits per heavy atom. The maximum absolute atomic E-state index is 8.77. The molecule has 90 valence electrons. The SMILES string of the molecule is CN(CCOc1cccc(C#N)c1)CC1CC1. The van der Waals surface area contributed by atoms with E-state index in [-0.39, 0.29) is 0 Å². The van der Waals surface area contributed by atoms with Gasteiger partial charge in [0.1, 0.15) is 12.4 Å². The molecule has 3 nitrogen and oxygen atoms in total. The molecule has 0 aromatic heterocycles. The van der Waals surface area contributed by atoms with E-state index in [0.29, 0.717) is 12.2 Å². The van der Waals surface area contributed by atoms with Gasteiger partial charge >= 0.3 is 0 Å². The van der Waals surface area contributed by atoms with Crippen LogP contribution in [-0.4, -0.2) is 31.6 Å². The summed E-state index contributed by atoms with van der Waals surface area (Å²) in [7, 11) is 2.13. The fraction of sp³-hybridized carbons (Fsp3) is 0.500. The third-order valence-electron chi connectivity index (χ3n) is 2.97. The minimum Gasteiger partial charge on any atom is -0.492 e. The van der Waals surface area contributed by atoms with E-state index in [2.05, 4.69) is 18.0 Å². The summed E-state index contributed by atoms with van der Waals surface area (Å²) in [6, 6.07) is 9.41. The largest absolute Gasteiger partial charge is 0.492 e. The van der Waals surface area contributed by atoms with Crippen molar-refractivity contribution in [3.05, 3.63) is 29.8 Å². The number of benzene rings is 1. The Balaban J connectivity index is 1.71. The highest BCUT2D eigenvalue weighted by Crippen LogP contribution is 2.29. The van der Waals surface area contributed by atoms with Crippen LogP contribution in [0.15, 0.2) is 24.3 Å². The van der Waals surface area contributed by atoms with Gasteiger partial charge in [-0.25, -0.2) is 0 Å². The number of ether oxygens (including phenoxy) is 1. The molecule has 17 heavy (non-hydrogen) atoms. The van der Waals surface area contributed by atoms with E-state index in [4.69, 9.17) is 10.00 Å². The van der Waals surface area contributed by atoms with Crippen molar-refractivity contribution in [3.63, 3.8) is 0 Å². The Labute approximate surface area is 103 Å². The Kier molecular flexibility index (Phi) is 4.00. The molecule has 0 saturated heterocycles. The van der Waals surface area contributed by atoms with E-state index < -0.39 is 0 Å². The molecule has 1 saturated carbocycles. The lowest BCUT2D eigenvalue weighted by molar-refractivity contribution is 0.232. The van der Waals surface area contributed by atoms with Gasteiger partial charge in [-0.3, -0.25) is 0 Å². The molecule has 0 radical (unpaired) electrons. The number of hydrogen-bond acceptors (Lipinski definition) is 3. The van der Waals surface area contributed by atoms with Crippen molar-refractivity contribution in [2.75, 3.05) is 26.7 Å². The van der Waals surface area contributed by atoms with Gasteiger partial charge < -0.3 is 9.64 Å². The highest BCUT2D eigenvalue weighted by atomic mass is 16.5. The van der Waals surface area contributed by atoms with E-state index in [0.717, 1.165) is 18.2 Å². The average Bonchev–Trinajstić information content (AvgIpc) is 3.13. The molecule has 1 fully saturated rings. The number of nitriles is 1. The van der Waals surface area contributed by atoms with Crippen LogP contribution in [0.4, 0.5) is 0 Å². The molecular weight excluding hydrogens is 212 g/mol. The van der Waals surface area contributed by atoms with Crippen LogP contribution in [-0.2, 0) is 0 Å². The van der Waals surface area contributed by atoms with Crippen LogP contribution in [0.3, 0.4) is 0 Å². The zero-order valence-electron chi connectivity index (χ0n) is 10.2. The molecule has 0 bridgehead atoms. The number of hydrogen-bond donors (Lipinski definition) is 0. The van der Waals surface area contributed by atoms with E-state index >= 15 is 0 Å². The van der Waals surface area contributed by atoms with Crippen LogP contribution in [0.5, 0.6) is 5.75 Å². The van der Waals surface area contributed by atoms with Crippen molar-refractivity contribution in [2.24, 2.45) is 5.92 Å². The summed E-state index contributed by atoms with van der Waals surface area (Å²) in [5, 5.41) is 8.77. The number of rotatable bonds is 6. The summed E-state index contributed by atoms with van der Waals surface area (Å²) in [4.78, 5) is 2.31. The normalized spacial score (nSPS) is 14.6. The zero-order chi connectivity index (χ0) is 12.1. The predicted octanol–water partition coefficient (Wildman–Crippen LogP) is 2.28. The molecule has 1 aliphatic rings. The number of nitrogens with zero attached hydrogens (tertiary/aromatic N) is 2. The molecule has 0 heterocycles. The highest BCUT2D eigenvalue weighted by Gasteiger charge is 2.22. The first kappa shape index (κ1) is 11.9. The fourth-order valence-electron chi connectivity index (χ4n) is 1.81. The maximum Gasteiger partial charge on any atom is 0.120 e. The van der Waals surface area contributed by atoms with Gasteiger partial charge in [-0.2, -0.15) is 5.26 Å². The van der Waals surface area contributed by atoms with Gasteiger partial charge in [0.25, 0.3) is 0 Å². The van der Waals surface area contributed by atoms with Crippen LogP contribution in [0.1, 0.15) is 18.4 Å². The van der Waals surface area contributed by atoms with Gasteiger partial charge in [0, 0.05) is 13.1 Å². The summed E-state index contributed by atoms with van der Waals surface area (Å²) < 4.78 is 5.63. The van der Waals surface area contributed by atoms with Crippen molar-refractivity contribution >= 4 is 0 Å². The number of likely N-dealkylation sites (N-methyl/N-ethyl adjacent to an activating group) is 1. The quantitative estimate of drug-likeness (QED) is 0.752. The maximum atomic E-state index is 8.77. The summed E-state index contributed by atoms with van der Waals surface area (Å²) >= 11 is 0. The predicted molar refractivity (Wildman–Crippen MR) is 66.9 cm³/mol. The van der Waals surface area contributed by atoms with Crippen molar-refractivity contribution < 1.29 is 4.74 Å². The monoisotopic (exact) mass is 230 g/mol. The lowest BCUT2D eigenvalue weighted by Crippen LogP contribution is -2.26. The third-order valence-corrected chi connectivity index (χ3v) is 2.97. The smallest absolute Gasteiger partial charge is 0.120 e. The fourth-order valence-corrected chi connectivity index (χ4v) is 1.81. The molecule has 0 unspecified atom stereocenters.